The maximum atomic E-state index is 14.0. The molecule has 0 amide bonds. The van der Waals surface area contributed by atoms with Crippen LogP contribution in [0, 0.1) is 23.5 Å². The molecule has 0 aliphatic carbocycles. The van der Waals surface area contributed by atoms with Crippen molar-refractivity contribution in [3.63, 3.8) is 0 Å². The molecule has 1 saturated heterocycles. The molecule has 2 rings (SSSR count). The van der Waals surface area contributed by atoms with E-state index in [1.54, 1.807) is 4.90 Å². The van der Waals surface area contributed by atoms with Gasteiger partial charge in [-0.05, 0) is 50.2 Å². The van der Waals surface area contributed by atoms with Gasteiger partial charge < -0.3 is 20.6 Å². The summed E-state index contributed by atoms with van der Waals surface area (Å²) in [5.41, 5.74) is 0.0497. The van der Waals surface area contributed by atoms with E-state index in [1.165, 1.54) is 18.2 Å². The van der Waals surface area contributed by atoms with Gasteiger partial charge in [-0.15, -0.1) is 0 Å². The van der Waals surface area contributed by atoms with E-state index in [0.717, 1.165) is 31.8 Å². The lowest BCUT2D eigenvalue weighted by atomic mass is 9.94. The van der Waals surface area contributed by atoms with Gasteiger partial charge in [-0.3, -0.25) is 4.99 Å². The number of aliphatic imine (C=N–C) groups is 1. The summed E-state index contributed by atoms with van der Waals surface area (Å²) in [6, 6.07) is 4.04. The molecular weight excluding hydrogens is 362 g/mol. The minimum atomic E-state index is -0.526. The van der Waals surface area contributed by atoms with Crippen molar-refractivity contribution in [1.29, 1.82) is 0 Å². The van der Waals surface area contributed by atoms with Crippen molar-refractivity contribution < 1.29 is 13.9 Å². The van der Waals surface area contributed by atoms with E-state index < -0.39 is 11.6 Å². The topological polar surface area (TPSA) is 59.9 Å². The Kier molecular flexibility index (Phi) is 8.96. The lowest BCUT2D eigenvalue weighted by Crippen LogP contribution is -2.45. The zero-order valence-electron chi connectivity index (χ0n) is 17.2. The van der Waals surface area contributed by atoms with Gasteiger partial charge in [0.15, 0.2) is 5.96 Å². The fraction of sp³-hybridized carbons (Fsp3) is 0.667. The molecule has 2 atom stereocenters. The van der Waals surface area contributed by atoms with Crippen molar-refractivity contribution in [2.45, 2.75) is 46.1 Å². The summed E-state index contributed by atoms with van der Waals surface area (Å²) in [6.45, 7) is 9.02. The van der Waals surface area contributed by atoms with E-state index in [9.17, 15) is 13.9 Å². The van der Waals surface area contributed by atoms with Crippen molar-refractivity contribution >= 4 is 11.6 Å². The molecule has 1 aliphatic rings. The second kappa shape index (κ2) is 11.2. The minimum absolute atomic E-state index is 0.0497. The zero-order valence-corrected chi connectivity index (χ0v) is 17.2. The second-order valence-corrected chi connectivity index (χ2v) is 7.87. The van der Waals surface area contributed by atoms with E-state index >= 15 is 0 Å². The first kappa shape index (κ1) is 22.4. The van der Waals surface area contributed by atoms with Crippen LogP contribution in [0.2, 0.25) is 0 Å². The van der Waals surface area contributed by atoms with Gasteiger partial charge in [0.05, 0.1) is 0 Å². The Balaban J connectivity index is 1.98. The maximum absolute atomic E-state index is 14.0. The molecular formula is C21H34F2N4O. The number of para-hydroxylation sites is 1. The second-order valence-electron chi connectivity index (χ2n) is 7.87. The van der Waals surface area contributed by atoms with Gasteiger partial charge in [-0.25, -0.2) is 8.78 Å². The van der Waals surface area contributed by atoms with Crippen LogP contribution in [0.25, 0.3) is 0 Å². The molecule has 1 aromatic carbocycles. The maximum Gasteiger partial charge on any atom is 0.191 e. The van der Waals surface area contributed by atoms with Crippen LogP contribution in [0.15, 0.2) is 23.2 Å². The molecule has 0 saturated carbocycles. The molecule has 0 bridgehead atoms. The number of benzene rings is 1. The molecule has 0 spiro atoms. The minimum Gasteiger partial charge on any atom is -0.396 e. The molecule has 1 aromatic rings. The van der Waals surface area contributed by atoms with E-state index in [-0.39, 0.29) is 18.3 Å². The van der Waals surface area contributed by atoms with Crippen LogP contribution in [0.3, 0.4) is 0 Å². The number of aliphatic hydroxyl groups is 1. The summed E-state index contributed by atoms with van der Waals surface area (Å²) in [5, 5.41) is 15.9. The predicted octanol–water partition coefficient (Wildman–Crippen LogP) is 3.14. The summed E-state index contributed by atoms with van der Waals surface area (Å²) in [4.78, 5) is 6.45. The van der Waals surface area contributed by atoms with Crippen LogP contribution in [-0.4, -0.2) is 49.9 Å². The Morgan fingerprint density at radius 1 is 1.32 bits per heavy atom. The third-order valence-electron chi connectivity index (χ3n) is 4.98. The SMILES string of the molecule is CCNC(=NCC(CCO)CC(C)C)NC1CCN(c2c(F)cccc2F)C1. The van der Waals surface area contributed by atoms with Crippen molar-refractivity contribution in [2.24, 2.45) is 16.8 Å². The summed E-state index contributed by atoms with van der Waals surface area (Å²) >= 11 is 0. The average molecular weight is 397 g/mol. The van der Waals surface area contributed by atoms with Crippen LogP contribution in [-0.2, 0) is 0 Å². The Morgan fingerprint density at radius 2 is 2.04 bits per heavy atom. The number of guanidine groups is 1. The number of anilines is 1. The first-order valence-corrected chi connectivity index (χ1v) is 10.3. The number of aliphatic hydroxyl groups excluding tert-OH is 1. The normalized spacial score (nSPS) is 18.6. The highest BCUT2D eigenvalue weighted by molar-refractivity contribution is 5.80. The Morgan fingerprint density at radius 3 is 2.64 bits per heavy atom. The summed E-state index contributed by atoms with van der Waals surface area (Å²) in [5.74, 6) is 0.563. The fourth-order valence-corrected chi connectivity index (χ4v) is 3.74. The van der Waals surface area contributed by atoms with Crippen LogP contribution < -0.4 is 15.5 Å². The first-order valence-electron chi connectivity index (χ1n) is 10.3. The molecule has 1 fully saturated rings. The van der Waals surface area contributed by atoms with Crippen LogP contribution in [0.5, 0.6) is 0 Å². The lowest BCUT2D eigenvalue weighted by molar-refractivity contribution is 0.245. The molecule has 1 heterocycles. The lowest BCUT2D eigenvalue weighted by Gasteiger charge is -2.22. The van der Waals surface area contributed by atoms with Crippen LogP contribution in [0.4, 0.5) is 14.5 Å². The van der Waals surface area contributed by atoms with Gasteiger partial charge in [0.25, 0.3) is 0 Å². The monoisotopic (exact) mass is 396 g/mol. The van der Waals surface area contributed by atoms with Gasteiger partial charge in [0, 0.05) is 38.8 Å². The van der Waals surface area contributed by atoms with Crippen molar-refractivity contribution in [2.75, 3.05) is 37.7 Å². The van der Waals surface area contributed by atoms with Gasteiger partial charge in [0.1, 0.15) is 17.3 Å². The quantitative estimate of drug-likeness (QED) is 0.443. The highest BCUT2D eigenvalue weighted by atomic mass is 19.1. The molecule has 2 unspecified atom stereocenters. The Bertz CT molecular complexity index is 619. The Hall–Kier alpha value is -1.89. The van der Waals surface area contributed by atoms with Crippen molar-refractivity contribution in [3.8, 4) is 0 Å². The third-order valence-corrected chi connectivity index (χ3v) is 4.98. The van der Waals surface area contributed by atoms with E-state index in [4.69, 9.17) is 4.99 Å². The number of rotatable bonds is 9. The number of hydrogen-bond donors (Lipinski definition) is 3. The Labute approximate surface area is 167 Å². The molecule has 158 valence electrons. The van der Waals surface area contributed by atoms with Crippen LogP contribution >= 0.6 is 0 Å². The highest BCUT2D eigenvalue weighted by Crippen LogP contribution is 2.26. The van der Waals surface area contributed by atoms with Gasteiger partial charge in [0.2, 0.25) is 0 Å². The van der Waals surface area contributed by atoms with Gasteiger partial charge >= 0.3 is 0 Å². The number of nitrogens with zero attached hydrogens (tertiary/aromatic N) is 2. The average Bonchev–Trinajstić information content (AvgIpc) is 3.07. The van der Waals surface area contributed by atoms with E-state index in [0.29, 0.717) is 31.5 Å². The van der Waals surface area contributed by atoms with Gasteiger partial charge in [-0.1, -0.05) is 19.9 Å². The molecule has 0 radical (unpaired) electrons. The molecule has 7 heteroatoms. The third kappa shape index (κ3) is 6.62. The van der Waals surface area contributed by atoms with E-state index in [2.05, 4.69) is 24.5 Å². The van der Waals surface area contributed by atoms with Crippen LogP contribution in [0.1, 0.15) is 40.0 Å². The smallest absolute Gasteiger partial charge is 0.191 e. The summed E-state index contributed by atoms with van der Waals surface area (Å²) in [6.07, 6.45) is 2.54. The largest absolute Gasteiger partial charge is 0.396 e. The summed E-state index contributed by atoms with van der Waals surface area (Å²) in [7, 11) is 0. The van der Waals surface area contributed by atoms with E-state index in [1.807, 2.05) is 6.92 Å². The molecule has 0 aromatic heterocycles. The van der Waals surface area contributed by atoms with Crippen molar-refractivity contribution in [1.82, 2.24) is 10.6 Å². The molecule has 3 N–H and O–H groups in total. The molecule has 28 heavy (non-hydrogen) atoms. The summed E-state index contributed by atoms with van der Waals surface area (Å²) < 4.78 is 28.1. The number of nitrogens with one attached hydrogen (secondary N) is 2. The molecule has 5 nitrogen and oxygen atoms in total. The zero-order chi connectivity index (χ0) is 20.5. The van der Waals surface area contributed by atoms with Gasteiger partial charge in [-0.2, -0.15) is 0 Å². The fourth-order valence-electron chi connectivity index (χ4n) is 3.74. The molecule has 1 aliphatic heterocycles. The highest BCUT2D eigenvalue weighted by Gasteiger charge is 2.27. The first-order chi connectivity index (χ1) is 13.4. The number of hydrogen-bond acceptors (Lipinski definition) is 3. The predicted molar refractivity (Wildman–Crippen MR) is 111 cm³/mol. The van der Waals surface area contributed by atoms with Crippen molar-refractivity contribution in [3.05, 3.63) is 29.8 Å². The number of halogens is 2. The standard InChI is InChI=1S/C21H34F2N4O/c1-4-24-21(25-13-16(9-11-28)12-15(2)3)26-17-8-10-27(14-17)20-18(22)6-5-7-19(20)23/h5-7,15-17,28H,4,8-14H2,1-3H3,(H2,24,25,26).